The molecule has 0 N–H and O–H groups in total. The Hall–Kier alpha value is -1.41. The van der Waals surface area contributed by atoms with E-state index in [0.29, 0.717) is 0 Å². The Morgan fingerprint density at radius 3 is 2.95 bits per heavy atom. The van der Waals surface area contributed by atoms with Crippen molar-refractivity contribution in [1.82, 2.24) is 9.88 Å². The summed E-state index contributed by atoms with van der Waals surface area (Å²) < 4.78 is 0. The second-order valence-corrected chi connectivity index (χ2v) is 5.91. The summed E-state index contributed by atoms with van der Waals surface area (Å²) in [6.07, 6.45) is 4.94. The largest absolute Gasteiger partial charge is 0.299 e. The van der Waals surface area contributed by atoms with Gasteiger partial charge in [0.25, 0.3) is 0 Å². The maximum absolute atomic E-state index is 4.92. The molecular formula is C18H24N2. The summed E-state index contributed by atoms with van der Waals surface area (Å²) in [6.45, 7) is 8.06. The zero-order valence-corrected chi connectivity index (χ0v) is 12.7. The SMILES string of the molecule is CCCCN1CCCc2nc3ccccc3c(C)c2C1. The van der Waals surface area contributed by atoms with Gasteiger partial charge in [0.1, 0.15) is 0 Å². The molecular weight excluding hydrogens is 244 g/mol. The Bertz CT molecular complexity index is 604. The number of unbranched alkanes of at least 4 members (excludes halogenated alkanes) is 1. The van der Waals surface area contributed by atoms with Crippen LogP contribution < -0.4 is 0 Å². The number of rotatable bonds is 3. The average Bonchev–Trinajstić information content (AvgIpc) is 2.68. The molecule has 1 aromatic heterocycles. The van der Waals surface area contributed by atoms with Crippen LogP contribution in [-0.4, -0.2) is 23.0 Å². The molecule has 0 fully saturated rings. The Balaban J connectivity index is 2.00. The molecule has 0 amide bonds. The molecule has 0 atom stereocenters. The van der Waals surface area contributed by atoms with Crippen LogP contribution in [0.15, 0.2) is 24.3 Å². The van der Waals surface area contributed by atoms with Crippen molar-refractivity contribution >= 4 is 10.9 Å². The van der Waals surface area contributed by atoms with Crippen LogP contribution in [0.5, 0.6) is 0 Å². The normalized spacial score (nSPS) is 16.1. The van der Waals surface area contributed by atoms with E-state index in [4.69, 9.17) is 4.98 Å². The summed E-state index contributed by atoms with van der Waals surface area (Å²) in [4.78, 5) is 7.53. The molecule has 2 aromatic rings. The van der Waals surface area contributed by atoms with Gasteiger partial charge in [0.05, 0.1) is 5.52 Å². The lowest BCUT2D eigenvalue weighted by atomic mass is 10.00. The van der Waals surface area contributed by atoms with Gasteiger partial charge < -0.3 is 0 Å². The van der Waals surface area contributed by atoms with Crippen molar-refractivity contribution in [2.75, 3.05) is 13.1 Å². The lowest BCUT2D eigenvalue weighted by molar-refractivity contribution is 0.265. The van der Waals surface area contributed by atoms with Gasteiger partial charge in [0, 0.05) is 17.6 Å². The van der Waals surface area contributed by atoms with Crippen LogP contribution in [-0.2, 0) is 13.0 Å². The van der Waals surface area contributed by atoms with Gasteiger partial charge >= 0.3 is 0 Å². The van der Waals surface area contributed by atoms with Crippen LogP contribution >= 0.6 is 0 Å². The molecule has 0 saturated carbocycles. The summed E-state index contributed by atoms with van der Waals surface area (Å²) >= 11 is 0. The average molecular weight is 268 g/mol. The molecule has 1 aliphatic heterocycles. The minimum atomic E-state index is 1.08. The van der Waals surface area contributed by atoms with Crippen molar-refractivity contribution in [3.05, 3.63) is 41.1 Å². The zero-order chi connectivity index (χ0) is 13.9. The summed E-state index contributed by atoms with van der Waals surface area (Å²) in [7, 11) is 0. The highest BCUT2D eigenvalue weighted by molar-refractivity contribution is 5.83. The van der Waals surface area contributed by atoms with Crippen LogP contribution in [0.4, 0.5) is 0 Å². The fourth-order valence-corrected chi connectivity index (χ4v) is 3.24. The highest BCUT2D eigenvalue weighted by Crippen LogP contribution is 2.27. The molecule has 2 nitrogen and oxygen atoms in total. The van der Waals surface area contributed by atoms with Crippen LogP contribution in [0.2, 0.25) is 0 Å². The molecule has 1 aliphatic rings. The van der Waals surface area contributed by atoms with E-state index >= 15 is 0 Å². The number of aryl methyl sites for hydroxylation is 2. The van der Waals surface area contributed by atoms with Gasteiger partial charge in [-0.2, -0.15) is 0 Å². The zero-order valence-electron chi connectivity index (χ0n) is 12.7. The quantitative estimate of drug-likeness (QED) is 0.833. The predicted octanol–water partition coefficient (Wildman–Crippen LogP) is 4.09. The molecule has 0 saturated heterocycles. The van der Waals surface area contributed by atoms with Crippen LogP contribution in [0, 0.1) is 6.92 Å². The minimum absolute atomic E-state index is 1.08. The number of para-hydroxylation sites is 1. The fourth-order valence-electron chi connectivity index (χ4n) is 3.24. The van der Waals surface area contributed by atoms with Crippen molar-refractivity contribution in [2.24, 2.45) is 0 Å². The Morgan fingerprint density at radius 1 is 1.25 bits per heavy atom. The first-order valence-corrected chi connectivity index (χ1v) is 7.89. The van der Waals surface area contributed by atoms with E-state index in [-0.39, 0.29) is 0 Å². The Labute approximate surface area is 121 Å². The summed E-state index contributed by atoms with van der Waals surface area (Å²) in [5, 5.41) is 1.32. The Morgan fingerprint density at radius 2 is 2.10 bits per heavy atom. The van der Waals surface area contributed by atoms with Crippen molar-refractivity contribution in [2.45, 2.75) is 46.1 Å². The summed E-state index contributed by atoms with van der Waals surface area (Å²) in [5.41, 5.74) is 5.41. The lowest BCUT2D eigenvalue weighted by Crippen LogP contribution is -2.24. The molecule has 2 heterocycles. The predicted molar refractivity (Wildman–Crippen MR) is 85.0 cm³/mol. The topological polar surface area (TPSA) is 16.1 Å². The molecule has 0 aliphatic carbocycles. The molecule has 0 radical (unpaired) electrons. The number of nitrogens with zero attached hydrogens (tertiary/aromatic N) is 2. The van der Waals surface area contributed by atoms with Crippen molar-refractivity contribution in [1.29, 1.82) is 0 Å². The van der Waals surface area contributed by atoms with Gasteiger partial charge in [0.15, 0.2) is 0 Å². The van der Waals surface area contributed by atoms with E-state index < -0.39 is 0 Å². The second-order valence-electron chi connectivity index (χ2n) is 5.91. The van der Waals surface area contributed by atoms with E-state index in [9.17, 15) is 0 Å². The van der Waals surface area contributed by atoms with Gasteiger partial charge in [-0.1, -0.05) is 31.5 Å². The number of hydrogen-bond acceptors (Lipinski definition) is 2. The molecule has 0 unspecified atom stereocenters. The molecule has 3 rings (SSSR count). The van der Waals surface area contributed by atoms with Crippen LogP contribution in [0.25, 0.3) is 10.9 Å². The molecule has 0 bridgehead atoms. The van der Waals surface area contributed by atoms with Crippen molar-refractivity contribution in [3.63, 3.8) is 0 Å². The first-order valence-electron chi connectivity index (χ1n) is 7.89. The van der Waals surface area contributed by atoms with E-state index in [1.54, 1.807) is 0 Å². The Kier molecular flexibility index (Phi) is 4.02. The number of hydrogen-bond donors (Lipinski definition) is 0. The number of pyridine rings is 1. The molecule has 106 valence electrons. The highest BCUT2D eigenvalue weighted by Gasteiger charge is 2.18. The number of aromatic nitrogens is 1. The summed E-state index contributed by atoms with van der Waals surface area (Å²) in [6, 6.07) is 8.56. The first kappa shape index (κ1) is 13.6. The van der Waals surface area contributed by atoms with Gasteiger partial charge in [-0.15, -0.1) is 0 Å². The maximum Gasteiger partial charge on any atom is 0.0708 e. The van der Waals surface area contributed by atoms with Crippen LogP contribution in [0.1, 0.15) is 43.0 Å². The number of fused-ring (bicyclic) bond motifs is 2. The molecule has 2 heteroatoms. The van der Waals surface area contributed by atoms with Crippen molar-refractivity contribution in [3.8, 4) is 0 Å². The highest BCUT2D eigenvalue weighted by atomic mass is 15.1. The second kappa shape index (κ2) is 5.92. The first-order chi connectivity index (χ1) is 9.79. The minimum Gasteiger partial charge on any atom is -0.299 e. The molecule has 1 aromatic carbocycles. The summed E-state index contributed by atoms with van der Waals surface area (Å²) in [5.74, 6) is 0. The standard InChI is InChI=1S/C18H24N2/c1-3-4-11-20-12-7-10-18-16(13-20)14(2)15-8-5-6-9-17(15)19-18/h5-6,8-9H,3-4,7,10-13H2,1-2H3. The van der Waals surface area contributed by atoms with Gasteiger partial charge in [-0.3, -0.25) is 9.88 Å². The molecule has 0 spiro atoms. The third kappa shape index (κ3) is 2.57. The molecule has 20 heavy (non-hydrogen) atoms. The number of benzene rings is 1. The van der Waals surface area contributed by atoms with Gasteiger partial charge in [-0.05, 0) is 56.5 Å². The third-order valence-corrected chi connectivity index (χ3v) is 4.46. The van der Waals surface area contributed by atoms with Crippen molar-refractivity contribution < 1.29 is 0 Å². The third-order valence-electron chi connectivity index (χ3n) is 4.46. The van der Waals surface area contributed by atoms with Gasteiger partial charge in [0.2, 0.25) is 0 Å². The van der Waals surface area contributed by atoms with Crippen LogP contribution in [0.3, 0.4) is 0 Å². The van der Waals surface area contributed by atoms with E-state index in [2.05, 4.69) is 43.0 Å². The van der Waals surface area contributed by atoms with Gasteiger partial charge in [-0.25, -0.2) is 0 Å². The monoisotopic (exact) mass is 268 g/mol. The lowest BCUT2D eigenvalue weighted by Gasteiger charge is -2.21. The van der Waals surface area contributed by atoms with E-state index in [1.807, 2.05) is 0 Å². The van der Waals surface area contributed by atoms with E-state index in [1.165, 1.54) is 54.6 Å². The maximum atomic E-state index is 4.92. The fraction of sp³-hybridized carbons (Fsp3) is 0.500. The van der Waals surface area contributed by atoms with E-state index in [0.717, 1.165) is 18.5 Å². The smallest absolute Gasteiger partial charge is 0.0708 e.